The van der Waals surface area contributed by atoms with E-state index in [2.05, 4.69) is 10.2 Å². The van der Waals surface area contributed by atoms with Gasteiger partial charge in [-0.15, -0.1) is 11.8 Å². The van der Waals surface area contributed by atoms with Gasteiger partial charge >= 0.3 is 0 Å². The van der Waals surface area contributed by atoms with E-state index in [-0.39, 0.29) is 23.8 Å². The molecule has 0 radical (unpaired) electrons. The number of thioether (sulfide) groups is 1. The fourth-order valence-corrected chi connectivity index (χ4v) is 3.50. The maximum absolute atomic E-state index is 12.6. The van der Waals surface area contributed by atoms with Crippen LogP contribution in [0.2, 0.25) is 0 Å². The summed E-state index contributed by atoms with van der Waals surface area (Å²) in [4.78, 5) is 29.6. The van der Waals surface area contributed by atoms with Gasteiger partial charge in [-0.05, 0) is 50.8 Å². The van der Waals surface area contributed by atoms with Gasteiger partial charge in [0.05, 0.1) is 12.0 Å². The Morgan fingerprint density at radius 3 is 2.79 bits per heavy atom. The van der Waals surface area contributed by atoms with Crippen molar-refractivity contribution in [3.05, 3.63) is 24.3 Å². The van der Waals surface area contributed by atoms with Gasteiger partial charge in [0.15, 0.2) is 0 Å². The molecule has 0 spiro atoms. The fraction of sp³-hybridized carbons (Fsp3) is 0.556. The maximum atomic E-state index is 12.6. The van der Waals surface area contributed by atoms with Crippen LogP contribution in [0, 0.1) is 5.92 Å². The third kappa shape index (κ3) is 4.74. The second-order valence-corrected chi connectivity index (χ2v) is 7.34. The molecule has 0 saturated carbocycles. The monoisotopic (exact) mass is 349 g/mol. The van der Waals surface area contributed by atoms with Crippen molar-refractivity contribution >= 4 is 29.3 Å². The van der Waals surface area contributed by atoms with E-state index in [1.54, 1.807) is 30.8 Å². The third-order valence-electron chi connectivity index (χ3n) is 4.51. The van der Waals surface area contributed by atoms with Crippen LogP contribution in [-0.4, -0.2) is 61.1 Å². The van der Waals surface area contributed by atoms with Gasteiger partial charge < -0.3 is 10.2 Å². The predicted octanol–water partition coefficient (Wildman–Crippen LogP) is 2.54. The molecule has 0 aliphatic carbocycles. The average Bonchev–Trinajstić information content (AvgIpc) is 2.60. The molecule has 1 N–H and O–H groups in total. The zero-order chi connectivity index (χ0) is 17.7. The SMILES string of the molecule is CSc1cccc(NC(=O)C(C)N2CCCC(C(=O)N(C)C)C2)c1. The van der Waals surface area contributed by atoms with Crippen molar-refractivity contribution in [3.63, 3.8) is 0 Å². The van der Waals surface area contributed by atoms with Gasteiger partial charge in [-0.25, -0.2) is 0 Å². The number of piperidine rings is 1. The second-order valence-electron chi connectivity index (χ2n) is 6.46. The van der Waals surface area contributed by atoms with Crippen molar-refractivity contribution in [1.82, 2.24) is 9.80 Å². The minimum Gasteiger partial charge on any atom is -0.349 e. The average molecular weight is 350 g/mol. The van der Waals surface area contributed by atoms with E-state index in [9.17, 15) is 9.59 Å². The number of benzene rings is 1. The number of anilines is 1. The van der Waals surface area contributed by atoms with Gasteiger partial charge in [-0.1, -0.05) is 6.07 Å². The van der Waals surface area contributed by atoms with Gasteiger partial charge in [0.2, 0.25) is 11.8 Å². The Morgan fingerprint density at radius 1 is 1.38 bits per heavy atom. The highest BCUT2D eigenvalue weighted by Gasteiger charge is 2.31. The van der Waals surface area contributed by atoms with E-state index < -0.39 is 0 Å². The Kier molecular flexibility index (Phi) is 6.69. The number of likely N-dealkylation sites (tertiary alicyclic amines) is 1. The molecule has 1 heterocycles. The summed E-state index contributed by atoms with van der Waals surface area (Å²) < 4.78 is 0. The van der Waals surface area contributed by atoms with Crippen LogP contribution in [0.5, 0.6) is 0 Å². The molecule has 2 atom stereocenters. The molecular weight excluding hydrogens is 322 g/mol. The largest absolute Gasteiger partial charge is 0.349 e. The Hall–Kier alpha value is -1.53. The molecule has 1 aliphatic heterocycles. The standard InChI is InChI=1S/C18H27N3O2S/c1-13(17(22)19-15-8-5-9-16(11-15)24-4)21-10-6-7-14(12-21)18(23)20(2)3/h5,8-9,11,13-14H,6-7,10,12H2,1-4H3,(H,19,22). The number of amides is 2. The normalized spacial score (nSPS) is 19.6. The summed E-state index contributed by atoms with van der Waals surface area (Å²) in [5, 5.41) is 2.99. The number of nitrogens with one attached hydrogen (secondary N) is 1. The zero-order valence-electron chi connectivity index (χ0n) is 14.9. The Morgan fingerprint density at radius 2 is 2.12 bits per heavy atom. The van der Waals surface area contributed by atoms with E-state index in [0.717, 1.165) is 30.0 Å². The van der Waals surface area contributed by atoms with Crippen molar-refractivity contribution in [1.29, 1.82) is 0 Å². The van der Waals surface area contributed by atoms with Crippen LogP contribution in [0.4, 0.5) is 5.69 Å². The van der Waals surface area contributed by atoms with Gasteiger partial charge in [0.1, 0.15) is 0 Å². The van der Waals surface area contributed by atoms with E-state index in [1.807, 2.05) is 37.4 Å². The predicted molar refractivity (Wildman–Crippen MR) is 99.3 cm³/mol. The lowest BCUT2D eigenvalue weighted by molar-refractivity contribution is -0.136. The molecule has 5 nitrogen and oxygen atoms in total. The number of hydrogen-bond donors (Lipinski definition) is 1. The van der Waals surface area contributed by atoms with Gasteiger partial charge in [0, 0.05) is 31.2 Å². The summed E-state index contributed by atoms with van der Waals surface area (Å²) in [5.74, 6) is 0.120. The van der Waals surface area contributed by atoms with Crippen molar-refractivity contribution in [2.45, 2.75) is 30.7 Å². The molecule has 1 aliphatic rings. The molecule has 0 aromatic heterocycles. The molecule has 1 aromatic rings. The fourth-order valence-electron chi connectivity index (χ4n) is 3.04. The minimum atomic E-state index is -0.249. The molecule has 2 amide bonds. The van der Waals surface area contributed by atoms with Crippen LogP contribution in [0.15, 0.2) is 29.2 Å². The first-order valence-corrected chi connectivity index (χ1v) is 9.55. The van der Waals surface area contributed by atoms with E-state index in [1.165, 1.54) is 0 Å². The highest BCUT2D eigenvalue weighted by atomic mass is 32.2. The molecule has 6 heteroatoms. The first-order chi connectivity index (χ1) is 11.4. The Labute approximate surface area is 148 Å². The molecule has 0 bridgehead atoms. The van der Waals surface area contributed by atoms with Crippen LogP contribution in [0.1, 0.15) is 19.8 Å². The molecule has 2 unspecified atom stereocenters. The maximum Gasteiger partial charge on any atom is 0.241 e. The summed E-state index contributed by atoms with van der Waals surface area (Å²) in [6.45, 7) is 3.42. The molecule has 24 heavy (non-hydrogen) atoms. The van der Waals surface area contributed by atoms with Gasteiger partial charge in [-0.2, -0.15) is 0 Å². The summed E-state index contributed by atoms with van der Waals surface area (Å²) in [6, 6.07) is 7.59. The van der Waals surface area contributed by atoms with Crippen LogP contribution < -0.4 is 5.32 Å². The topological polar surface area (TPSA) is 52.7 Å². The first kappa shape index (κ1) is 18.8. The summed E-state index contributed by atoms with van der Waals surface area (Å²) in [7, 11) is 3.58. The molecule has 2 rings (SSSR count). The zero-order valence-corrected chi connectivity index (χ0v) is 15.7. The van der Waals surface area contributed by atoms with Crippen molar-refractivity contribution in [2.24, 2.45) is 5.92 Å². The van der Waals surface area contributed by atoms with E-state index >= 15 is 0 Å². The van der Waals surface area contributed by atoms with Gasteiger partial charge in [0.25, 0.3) is 0 Å². The number of carbonyl (C=O) groups is 2. The summed E-state index contributed by atoms with van der Waals surface area (Å²) in [6.07, 6.45) is 3.86. The minimum absolute atomic E-state index is 0.0104. The van der Waals surface area contributed by atoms with Crippen LogP contribution in [-0.2, 0) is 9.59 Å². The highest BCUT2D eigenvalue weighted by molar-refractivity contribution is 7.98. The number of nitrogens with zero attached hydrogens (tertiary/aromatic N) is 2. The van der Waals surface area contributed by atoms with Crippen LogP contribution >= 0.6 is 11.8 Å². The lowest BCUT2D eigenvalue weighted by Crippen LogP contribution is -2.49. The quantitative estimate of drug-likeness (QED) is 0.830. The molecule has 1 fully saturated rings. The van der Waals surface area contributed by atoms with Crippen molar-refractivity contribution in [3.8, 4) is 0 Å². The number of hydrogen-bond acceptors (Lipinski definition) is 4. The number of carbonyl (C=O) groups excluding carboxylic acids is 2. The second kappa shape index (κ2) is 8.53. The lowest BCUT2D eigenvalue weighted by atomic mass is 9.95. The van der Waals surface area contributed by atoms with Crippen LogP contribution in [0.25, 0.3) is 0 Å². The van der Waals surface area contributed by atoms with Crippen molar-refractivity contribution in [2.75, 3.05) is 38.8 Å². The number of rotatable bonds is 5. The third-order valence-corrected chi connectivity index (χ3v) is 5.23. The smallest absolute Gasteiger partial charge is 0.241 e. The highest BCUT2D eigenvalue weighted by Crippen LogP contribution is 2.22. The van der Waals surface area contributed by atoms with Crippen LogP contribution in [0.3, 0.4) is 0 Å². The lowest BCUT2D eigenvalue weighted by Gasteiger charge is -2.36. The first-order valence-electron chi connectivity index (χ1n) is 8.32. The van der Waals surface area contributed by atoms with E-state index in [0.29, 0.717) is 6.54 Å². The molecule has 132 valence electrons. The summed E-state index contributed by atoms with van der Waals surface area (Å²) >= 11 is 1.65. The Bertz CT molecular complexity index is 591. The molecule has 1 saturated heterocycles. The Balaban J connectivity index is 1.97. The van der Waals surface area contributed by atoms with Crippen molar-refractivity contribution < 1.29 is 9.59 Å². The molecular formula is C18H27N3O2S. The molecule has 1 aromatic carbocycles. The van der Waals surface area contributed by atoms with E-state index in [4.69, 9.17) is 0 Å². The summed E-state index contributed by atoms with van der Waals surface area (Å²) in [5.41, 5.74) is 0.816. The van der Waals surface area contributed by atoms with Gasteiger partial charge in [-0.3, -0.25) is 14.5 Å².